The lowest BCUT2D eigenvalue weighted by molar-refractivity contribution is 1.34. The van der Waals surface area contributed by atoms with Crippen LogP contribution in [0.15, 0.2) is 11.4 Å². The van der Waals surface area contributed by atoms with E-state index in [2.05, 4.69) is 9.36 Å². The molecule has 2 heterocycles. The van der Waals surface area contributed by atoms with E-state index in [9.17, 15) is 0 Å². The summed E-state index contributed by atoms with van der Waals surface area (Å²) in [5.41, 5.74) is 0. The van der Waals surface area contributed by atoms with Crippen LogP contribution >= 0.6 is 46.1 Å². The predicted molar refractivity (Wildman–Crippen MR) is 53.2 cm³/mol. The molecule has 62 valence electrons. The van der Waals surface area contributed by atoms with Crippen LogP contribution in [-0.4, -0.2) is 9.36 Å². The van der Waals surface area contributed by atoms with Gasteiger partial charge in [-0.3, -0.25) is 0 Å². The highest BCUT2D eigenvalue weighted by Gasteiger charge is 2.09. The molecule has 0 aliphatic rings. The van der Waals surface area contributed by atoms with Crippen molar-refractivity contribution >= 4 is 46.1 Å². The second-order valence-corrected chi connectivity index (χ2v) is 4.38. The van der Waals surface area contributed by atoms with Crippen molar-refractivity contribution in [3.05, 3.63) is 21.8 Å². The molecule has 2 nitrogen and oxygen atoms in total. The second kappa shape index (κ2) is 3.30. The molecule has 0 aliphatic carbocycles. The van der Waals surface area contributed by atoms with Crippen LogP contribution in [0.3, 0.4) is 0 Å². The van der Waals surface area contributed by atoms with E-state index in [4.69, 9.17) is 23.2 Å². The Bertz CT molecular complexity index is 396. The van der Waals surface area contributed by atoms with Gasteiger partial charge in [-0.1, -0.05) is 11.6 Å². The standard InChI is InChI=1S/C6H2Cl2N2S2/c7-3-1-2-11-4(3)5-9-6(8)10-12-5/h1-2H. The van der Waals surface area contributed by atoms with E-state index in [0.29, 0.717) is 5.02 Å². The van der Waals surface area contributed by atoms with Crippen molar-refractivity contribution in [3.63, 3.8) is 0 Å². The molecule has 0 atom stereocenters. The van der Waals surface area contributed by atoms with Crippen LogP contribution in [0.4, 0.5) is 0 Å². The van der Waals surface area contributed by atoms with E-state index in [1.165, 1.54) is 22.9 Å². The van der Waals surface area contributed by atoms with Crippen LogP contribution in [-0.2, 0) is 0 Å². The number of rotatable bonds is 1. The third-order valence-corrected chi connectivity index (χ3v) is 3.69. The highest BCUT2D eigenvalue weighted by atomic mass is 35.5. The first-order valence-corrected chi connectivity index (χ1v) is 5.41. The molecule has 0 N–H and O–H groups in total. The second-order valence-electron chi connectivity index (χ2n) is 1.97. The molecule has 0 saturated heterocycles. The van der Waals surface area contributed by atoms with E-state index in [0.717, 1.165) is 9.88 Å². The molecule has 0 bridgehead atoms. The number of hydrogen-bond acceptors (Lipinski definition) is 4. The van der Waals surface area contributed by atoms with Crippen LogP contribution in [0.25, 0.3) is 9.88 Å². The molecular formula is C6H2Cl2N2S2. The Morgan fingerprint density at radius 2 is 2.17 bits per heavy atom. The van der Waals surface area contributed by atoms with Gasteiger partial charge in [0.25, 0.3) is 0 Å². The Kier molecular flexibility index (Phi) is 2.32. The molecule has 2 aromatic rings. The van der Waals surface area contributed by atoms with Gasteiger partial charge in [0.1, 0.15) is 0 Å². The van der Waals surface area contributed by atoms with Crippen molar-refractivity contribution in [1.29, 1.82) is 0 Å². The minimum absolute atomic E-state index is 0.277. The van der Waals surface area contributed by atoms with Gasteiger partial charge in [0.2, 0.25) is 5.28 Å². The molecule has 0 spiro atoms. The van der Waals surface area contributed by atoms with E-state index >= 15 is 0 Å². The zero-order valence-electron chi connectivity index (χ0n) is 5.62. The third kappa shape index (κ3) is 1.47. The Labute approximate surface area is 87.0 Å². The molecule has 6 heteroatoms. The van der Waals surface area contributed by atoms with Gasteiger partial charge < -0.3 is 0 Å². The summed E-state index contributed by atoms with van der Waals surface area (Å²) < 4.78 is 3.86. The topological polar surface area (TPSA) is 25.8 Å². The maximum absolute atomic E-state index is 5.89. The summed E-state index contributed by atoms with van der Waals surface area (Å²) in [6, 6.07) is 1.83. The summed E-state index contributed by atoms with van der Waals surface area (Å²) in [4.78, 5) is 4.94. The van der Waals surface area contributed by atoms with Crippen molar-refractivity contribution in [2.45, 2.75) is 0 Å². The summed E-state index contributed by atoms with van der Waals surface area (Å²) in [5, 5.41) is 3.67. The van der Waals surface area contributed by atoms with Crippen LogP contribution in [0.5, 0.6) is 0 Å². The van der Waals surface area contributed by atoms with E-state index in [1.807, 2.05) is 11.4 Å². The first-order chi connectivity index (χ1) is 5.77. The monoisotopic (exact) mass is 236 g/mol. The molecule has 12 heavy (non-hydrogen) atoms. The van der Waals surface area contributed by atoms with Crippen LogP contribution < -0.4 is 0 Å². The molecule has 0 aromatic carbocycles. The lowest BCUT2D eigenvalue weighted by Gasteiger charge is -1.87. The zero-order chi connectivity index (χ0) is 8.55. The van der Waals surface area contributed by atoms with Crippen molar-refractivity contribution < 1.29 is 0 Å². The number of aromatic nitrogens is 2. The minimum Gasteiger partial charge on any atom is -0.204 e. The summed E-state index contributed by atoms with van der Waals surface area (Å²) in [5.74, 6) is 0. The maximum Gasteiger partial charge on any atom is 0.234 e. The van der Waals surface area contributed by atoms with Gasteiger partial charge in [-0.05, 0) is 34.6 Å². The summed E-state index contributed by atoms with van der Waals surface area (Å²) >= 11 is 14.3. The van der Waals surface area contributed by atoms with Crippen molar-refractivity contribution in [2.75, 3.05) is 0 Å². The van der Waals surface area contributed by atoms with Gasteiger partial charge in [-0.15, -0.1) is 11.3 Å². The molecule has 0 saturated carbocycles. The molecule has 0 fully saturated rings. The van der Waals surface area contributed by atoms with Gasteiger partial charge in [-0.25, -0.2) is 4.98 Å². The third-order valence-electron chi connectivity index (χ3n) is 1.21. The van der Waals surface area contributed by atoms with E-state index in [-0.39, 0.29) is 5.28 Å². The SMILES string of the molecule is Clc1nsc(-c2sccc2Cl)n1. The van der Waals surface area contributed by atoms with E-state index < -0.39 is 0 Å². The number of halogens is 2. The van der Waals surface area contributed by atoms with Crippen molar-refractivity contribution in [1.82, 2.24) is 9.36 Å². The predicted octanol–water partition coefficient (Wildman–Crippen LogP) is 3.57. The average molecular weight is 237 g/mol. The Morgan fingerprint density at radius 1 is 1.33 bits per heavy atom. The lowest BCUT2D eigenvalue weighted by Crippen LogP contribution is -1.68. The highest BCUT2D eigenvalue weighted by molar-refractivity contribution is 7.19. The molecule has 0 aliphatic heterocycles. The van der Waals surface area contributed by atoms with Gasteiger partial charge in [-0.2, -0.15) is 4.37 Å². The fourth-order valence-corrected chi connectivity index (χ4v) is 2.85. The Balaban J connectivity index is 2.50. The maximum atomic E-state index is 5.89. The summed E-state index contributed by atoms with van der Waals surface area (Å²) in [7, 11) is 0. The lowest BCUT2D eigenvalue weighted by atomic mass is 10.5. The first kappa shape index (κ1) is 8.44. The molecule has 0 amide bonds. The zero-order valence-corrected chi connectivity index (χ0v) is 8.77. The van der Waals surface area contributed by atoms with E-state index in [1.54, 1.807) is 0 Å². The normalized spacial score (nSPS) is 10.5. The summed E-state index contributed by atoms with van der Waals surface area (Å²) in [6.45, 7) is 0. The molecule has 0 unspecified atom stereocenters. The van der Waals surface area contributed by atoms with Gasteiger partial charge in [0, 0.05) is 0 Å². The molecule has 2 rings (SSSR count). The van der Waals surface area contributed by atoms with Gasteiger partial charge in [0.15, 0.2) is 5.01 Å². The highest BCUT2D eigenvalue weighted by Crippen LogP contribution is 2.34. The minimum atomic E-state index is 0.277. The van der Waals surface area contributed by atoms with Gasteiger partial charge >= 0.3 is 0 Å². The fourth-order valence-electron chi connectivity index (χ4n) is 0.744. The molecule has 2 aromatic heterocycles. The molecule has 0 radical (unpaired) electrons. The van der Waals surface area contributed by atoms with Crippen LogP contribution in [0.1, 0.15) is 0 Å². The van der Waals surface area contributed by atoms with Crippen molar-refractivity contribution in [3.8, 4) is 9.88 Å². The first-order valence-electron chi connectivity index (χ1n) is 3.00. The fraction of sp³-hybridized carbons (Fsp3) is 0. The van der Waals surface area contributed by atoms with Gasteiger partial charge in [0.05, 0.1) is 9.90 Å². The summed E-state index contributed by atoms with van der Waals surface area (Å²) in [6.07, 6.45) is 0. The van der Waals surface area contributed by atoms with Crippen molar-refractivity contribution in [2.24, 2.45) is 0 Å². The quantitative estimate of drug-likeness (QED) is 0.757. The largest absolute Gasteiger partial charge is 0.234 e. The average Bonchev–Trinajstić information content (AvgIpc) is 2.58. The Morgan fingerprint density at radius 3 is 2.67 bits per heavy atom. The Hall–Kier alpha value is -0.160. The van der Waals surface area contributed by atoms with Crippen LogP contribution in [0, 0.1) is 0 Å². The number of thiophene rings is 1. The number of hydrogen-bond donors (Lipinski definition) is 0. The molecular weight excluding hydrogens is 235 g/mol. The number of nitrogens with zero attached hydrogens (tertiary/aromatic N) is 2. The van der Waals surface area contributed by atoms with Crippen LogP contribution in [0.2, 0.25) is 10.3 Å². The smallest absolute Gasteiger partial charge is 0.204 e.